The Labute approximate surface area is 101 Å². The molecule has 84 valence electrons. The predicted octanol–water partition coefficient (Wildman–Crippen LogP) is 4.45. The summed E-state index contributed by atoms with van der Waals surface area (Å²) < 4.78 is 0. The van der Waals surface area contributed by atoms with Crippen LogP contribution in [-0.4, -0.2) is 4.98 Å². The van der Waals surface area contributed by atoms with Crippen LogP contribution in [0, 0.1) is 13.8 Å². The summed E-state index contributed by atoms with van der Waals surface area (Å²) >= 11 is 0. The van der Waals surface area contributed by atoms with E-state index in [9.17, 15) is 0 Å². The Morgan fingerprint density at radius 2 is 1.71 bits per heavy atom. The fourth-order valence-electron chi connectivity index (χ4n) is 2.26. The van der Waals surface area contributed by atoms with Gasteiger partial charge < -0.3 is 4.98 Å². The summed E-state index contributed by atoms with van der Waals surface area (Å²) in [5, 5.41) is 1.27. The van der Waals surface area contributed by atoms with Crippen molar-refractivity contribution in [1.82, 2.24) is 4.98 Å². The minimum Gasteiger partial charge on any atom is -0.355 e. The molecule has 1 heterocycles. The molecule has 0 fully saturated rings. The minimum absolute atomic E-state index is 1.20. The summed E-state index contributed by atoms with van der Waals surface area (Å²) in [4.78, 5) is 3.49. The molecule has 0 saturated heterocycles. The van der Waals surface area contributed by atoms with Crippen LogP contribution < -0.4 is 0 Å². The Hall–Kier alpha value is -2.02. The van der Waals surface area contributed by atoms with Gasteiger partial charge in [0.25, 0.3) is 0 Å². The molecule has 0 aliphatic carbocycles. The highest BCUT2D eigenvalue weighted by Crippen LogP contribution is 2.26. The maximum absolute atomic E-state index is 3.49. The Balaban J connectivity index is 2.22. The van der Waals surface area contributed by atoms with Crippen LogP contribution in [0.3, 0.4) is 0 Å². The molecule has 3 aromatic rings. The van der Waals surface area contributed by atoms with Crippen LogP contribution in [0.25, 0.3) is 22.2 Å². The molecule has 3 rings (SSSR count). The molecule has 0 aliphatic rings. The van der Waals surface area contributed by atoms with Crippen LogP contribution in [0.5, 0.6) is 0 Å². The van der Waals surface area contributed by atoms with Crippen molar-refractivity contribution in [2.75, 3.05) is 0 Å². The van der Waals surface area contributed by atoms with E-state index < -0.39 is 0 Å². The normalized spacial score (nSPS) is 10.9. The highest BCUT2D eigenvalue weighted by Gasteiger charge is 2.05. The van der Waals surface area contributed by atoms with Gasteiger partial charge in [-0.3, -0.25) is 0 Å². The highest BCUT2D eigenvalue weighted by molar-refractivity contribution is 5.86. The zero-order valence-corrected chi connectivity index (χ0v) is 10.1. The van der Waals surface area contributed by atoms with Gasteiger partial charge in [0.1, 0.15) is 0 Å². The SMILES string of the molecule is Cc1ccc2cc(-c3ccccc3C)[nH]c2c1. The van der Waals surface area contributed by atoms with Crippen LogP contribution in [0.15, 0.2) is 48.5 Å². The molecular formula is C16H15N. The number of H-pyrrole nitrogens is 1. The molecule has 0 saturated carbocycles. The van der Waals surface area contributed by atoms with Gasteiger partial charge in [0.05, 0.1) is 0 Å². The summed E-state index contributed by atoms with van der Waals surface area (Å²) in [7, 11) is 0. The smallest absolute Gasteiger partial charge is 0.0467 e. The number of hydrogen-bond acceptors (Lipinski definition) is 0. The second-order valence-corrected chi connectivity index (χ2v) is 4.59. The summed E-state index contributed by atoms with van der Waals surface area (Å²) in [5.74, 6) is 0. The molecule has 0 radical (unpaired) electrons. The number of aryl methyl sites for hydroxylation is 2. The van der Waals surface area contributed by atoms with Gasteiger partial charge in [-0.05, 0) is 37.1 Å². The van der Waals surface area contributed by atoms with E-state index in [0.29, 0.717) is 0 Å². The van der Waals surface area contributed by atoms with Gasteiger partial charge in [-0.25, -0.2) is 0 Å². The molecule has 0 unspecified atom stereocenters. The van der Waals surface area contributed by atoms with Crippen molar-refractivity contribution in [2.45, 2.75) is 13.8 Å². The molecule has 0 atom stereocenters. The molecule has 0 spiro atoms. The lowest BCUT2D eigenvalue weighted by Crippen LogP contribution is -1.81. The molecule has 0 aliphatic heterocycles. The average molecular weight is 221 g/mol. The van der Waals surface area contributed by atoms with E-state index >= 15 is 0 Å². The Morgan fingerprint density at radius 3 is 2.53 bits per heavy atom. The van der Waals surface area contributed by atoms with Crippen LogP contribution in [0.4, 0.5) is 0 Å². The average Bonchev–Trinajstić information content (AvgIpc) is 2.72. The fraction of sp³-hybridized carbons (Fsp3) is 0.125. The van der Waals surface area contributed by atoms with E-state index in [2.05, 4.69) is 67.4 Å². The van der Waals surface area contributed by atoms with Crippen molar-refractivity contribution < 1.29 is 0 Å². The van der Waals surface area contributed by atoms with E-state index in [0.717, 1.165) is 0 Å². The molecule has 1 N–H and O–H groups in total. The second-order valence-electron chi connectivity index (χ2n) is 4.59. The fourth-order valence-corrected chi connectivity index (χ4v) is 2.26. The monoisotopic (exact) mass is 221 g/mol. The number of nitrogens with one attached hydrogen (secondary N) is 1. The molecule has 0 bridgehead atoms. The Morgan fingerprint density at radius 1 is 0.882 bits per heavy atom. The zero-order chi connectivity index (χ0) is 11.8. The van der Waals surface area contributed by atoms with Crippen molar-refractivity contribution in [3.63, 3.8) is 0 Å². The van der Waals surface area contributed by atoms with Crippen molar-refractivity contribution >= 4 is 10.9 Å². The first kappa shape index (κ1) is 10.2. The predicted molar refractivity (Wildman–Crippen MR) is 73.2 cm³/mol. The number of aromatic amines is 1. The molecule has 1 nitrogen and oxygen atoms in total. The lowest BCUT2D eigenvalue weighted by Gasteiger charge is -2.01. The molecule has 2 aromatic carbocycles. The van der Waals surface area contributed by atoms with E-state index in [1.165, 1.54) is 33.3 Å². The maximum Gasteiger partial charge on any atom is 0.0467 e. The zero-order valence-electron chi connectivity index (χ0n) is 10.1. The van der Waals surface area contributed by atoms with E-state index in [1.807, 2.05) is 0 Å². The largest absolute Gasteiger partial charge is 0.355 e. The quantitative estimate of drug-likeness (QED) is 0.624. The van der Waals surface area contributed by atoms with Gasteiger partial charge >= 0.3 is 0 Å². The second kappa shape index (κ2) is 3.77. The first-order valence-electron chi connectivity index (χ1n) is 5.89. The highest BCUT2D eigenvalue weighted by atomic mass is 14.7. The third-order valence-electron chi connectivity index (χ3n) is 3.21. The van der Waals surface area contributed by atoms with E-state index in [4.69, 9.17) is 0 Å². The number of rotatable bonds is 1. The van der Waals surface area contributed by atoms with Gasteiger partial charge in [-0.15, -0.1) is 0 Å². The third-order valence-corrected chi connectivity index (χ3v) is 3.21. The van der Waals surface area contributed by atoms with Gasteiger partial charge in [-0.2, -0.15) is 0 Å². The topological polar surface area (TPSA) is 15.8 Å². The third kappa shape index (κ3) is 1.74. The van der Waals surface area contributed by atoms with E-state index in [1.54, 1.807) is 0 Å². The lowest BCUT2D eigenvalue weighted by molar-refractivity contribution is 1.39. The van der Waals surface area contributed by atoms with Crippen molar-refractivity contribution in [1.29, 1.82) is 0 Å². The summed E-state index contributed by atoms with van der Waals surface area (Å²) in [6, 6.07) is 17.2. The van der Waals surface area contributed by atoms with Gasteiger partial charge in [0, 0.05) is 22.2 Å². The first-order chi connectivity index (χ1) is 8.24. The molecule has 0 amide bonds. The van der Waals surface area contributed by atoms with Gasteiger partial charge in [0.15, 0.2) is 0 Å². The molecule has 1 heteroatoms. The molecule has 1 aromatic heterocycles. The lowest BCUT2D eigenvalue weighted by atomic mass is 10.1. The minimum atomic E-state index is 1.20. The van der Waals surface area contributed by atoms with Gasteiger partial charge in [0.2, 0.25) is 0 Å². The number of hydrogen-bond donors (Lipinski definition) is 1. The summed E-state index contributed by atoms with van der Waals surface area (Å²) in [5.41, 5.74) is 6.28. The Bertz CT molecular complexity index is 677. The standard InChI is InChI=1S/C16H15N/c1-11-7-8-13-10-16(17-15(13)9-11)14-6-4-3-5-12(14)2/h3-10,17H,1-2H3. The van der Waals surface area contributed by atoms with Crippen molar-refractivity contribution in [3.05, 3.63) is 59.7 Å². The summed E-state index contributed by atoms with van der Waals surface area (Å²) in [6.07, 6.45) is 0. The number of aromatic nitrogens is 1. The van der Waals surface area contributed by atoms with Crippen LogP contribution in [0.2, 0.25) is 0 Å². The van der Waals surface area contributed by atoms with Gasteiger partial charge in [-0.1, -0.05) is 36.4 Å². The Kier molecular flexibility index (Phi) is 2.25. The molecular weight excluding hydrogens is 206 g/mol. The van der Waals surface area contributed by atoms with E-state index in [-0.39, 0.29) is 0 Å². The van der Waals surface area contributed by atoms with Crippen molar-refractivity contribution in [3.8, 4) is 11.3 Å². The van der Waals surface area contributed by atoms with Crippen LogP contribution >= 0.6 is 0 Å². The van der Waals surface area contributed by atoms with Crippen LogP contribution in [0.1, 0.15) is 11.1 Å². The van der Waals surface area contributed by atoms with Crippen LogP contribution in [-0.2, 0) is 0 Å². The first-order valence-corrected chi connectivity index (χ1v) is 5.89. The number of fused-ring (bicyclic) bond motifs is 1. The summed E-state index contributed by atoms with van der Waals surface area (Å²) in [6.45, 7) is 4.26. The number of benzene rings is 2. The van der Waals surface area contributed by atoms with Crippen molar-refractivity contribution in [2.24, 2.45) is 0 Å². The maximum atomic E-state index is 3.49. The molecule has 17 heavy (non-hydrogen) atoms.